The number of carbonyl (C=O) groups is 1. The molecule has 1 N–H and O–H groups in total. The molecule has 1 saturated heterocycles. The molecular formula is C13H15NO3. The summed E-state index contributed by atoms with van der Waals surface area (Å²) in [5.74, 6) is 0.902. The van der Waals surface area contributed by atoms with Gasteiger partial charge in [-0.25, -0.2) is 0 Å². The maximum absolute atomic E-state index is 11.3. The zero-order valence-corrected chi connectivity index (χ0v) is 9.73. The molecule has 0 radical (unpaired) electrons. The van der Waals surface area contributed by atoms with Gasteiger partial charge in [-0.2, -0.15) is 0 Å². The van der Waals surface area contributed by atoms with Crippen molar-refractivity contribution in [2.45, 2.75) is 25.0 Å². The molecular weight excluding hydrogens is 218 g/mol. The van der Waals surface area contributed by atoms with Crippen LogP contribution in [0.1, 0.15) is 11.1 Å². The molecule has 17 heavy (non-hydrogen) atoms. The van der Waals surface area contributed by atoms with E-state index in [2.05, 4.69) is 11.4 Å². The van der Waals surface area contributed by atoms with Gasteiger partial charge in [0.1, 0.15) is 12.4 Å². The van der Waals surface area contributed by atoms with Gasteiger partial charge in [-0.05, 0) is 18.1 Å². The van der Waals surface area contributed by atoms with Gasteiger partial charge in [0.25, 0.3) is 0 Å². The number of rotatable bonds is 1. The van der Waals surface area contributed by atoms with Crippen LogP contribution in [0.3, 0.4) is 0 Å². The molecule has 1 aromatic rings. The summed E-state index contributed by atoms with van der Waals surface area (Å²) >= 11 is 0. The van der Waals surface area contributed by atoms with Crippen LogP contribution in [-0.2, 0) is 22.4 Å². The highest BCUT2D eigenvalue weighted by Gasteiger charge is 2.35. The highest BCUT2D eigenvalue weighted by Crippen LogP contribution is 2.31. The Kier molecular flexibility index (Phi) is 2.52. The van der Waals surface area contributed by atoms with E-state index in [0.29, 0.717) is 0 Å². The fourth-order valence-electron chi connectivity index (χ4n) is 2.69. The van der Waals surface area contributed by atoms with Gasteiger partial charge in [0.05, 0.1) is 19.3 Å². The third kappa shape index (κ3) is 1.78. The number of morpholine rings is 1. The van der Waals surface area contributed by atoms with Gasteiger partial charge in [0.2, 0.25) is 5.91 Å². The van der Waals surface area contributed by atoms with Gasteiger partial charge in [0, 0.05) is 12.0 Å². The second-order valence-electron chi connectivity index (χ2n) is 4.53. The molecule has 2 atom stereocenters. The highest BCUT2D eigenvalue weighted by molar-refractivity contribution is 5.78. The largest absolute Gasteiger partial charge is 0.496 e. The molecule has 90 valence electrons. The van der Waals surface area contributed by atoms with Crippen LogP contribution in [-0.4, -0.2) is 31.8 Å². The third-order valence-electron chi connectivity index (χ3n) is 3.52. The summed E-state index contributed by atoms with van der Waals surface area (Å²) in [6.07, 6.45) is 1.71. The molecule has 3 rings (SSSR count). The van der Waals surface area contributed by atoms with Crippen LogP contribution in [0.15, 0.2) is 18.2 Å². The van der Waals surface area contributed by atoms with Crippen molar-refractivity contribution in [1.29, 1.82) is 0 Å². The van der Waals surface area contributed by atoms with Gasteiger partial charge in [-0.15, -0.1) is 0 Å². The number of nitrogens with one attached hydrogen (secondary N) is 1. The fourth-order valence-corrected chi connectivity index (χ4v) is 2.69. The average molecular weight is 233 g/mol. The molecule has 1 heterocycles. The number of amides is 1. The van der Waals surface area contributed by atoms with E-state index in [1.807, 2.05) is 12.1 Å². The first-order chi connectivity index (χ1) is 8.28. The van der Waals surface area contributed by atoms with Crippen LogP contribution in [0.25, 0.3) is 0 Å². The van der Waals surface area contributed by atoms with E-state index in [9.17, 15) is 4.79 Å². The second-order valence-corrected chi connectivity index (χ2v) is 4.53. The molecule has 1 fully saturated rings. The van der Waals surface area contributed by atoms with Crippen molar-refractivity contribution >= 4 is 5.91 Å². The quantitative estimate of drug-likeness (QED) is 0.776. The van der Waals surface area contributed by atoms with E-state index in [0.717, 1.165) is 18.6 Å². The Balaban J connectivity index is 1.93. The molecule has 4 nitrogen and oxygen atoms in total. The van der Waals surface area contributed by atoms with Gasteiger partial charge in [0.15, 0.2) is 0 Å². The lowest BCUT2D eigenvalue weighted by atomic mass is 9.85. The highest BCUT2D eigenvalue weighted by atomic mass is 16.5. The molecule has 1 aromatic carbocycles. The van der Waals surface area contributed by atoms with E-state index in [-0.39, 0.29) is 24.7 Å². The topological polar surface area (TPSA) is 47.6 Å². The van der Waals surface area contributed by atoms with E-state index in [4.69, 9.17) is 9.47 Å². The summed E-state index contributed by atoms with van der Waals surface area (Å²) in [4.78, 5) is 11.3. The first-order valence-electron chi connectivity index (χ1n) is 5.83. The first-order valence-corrected chi connectivity index (χ1v) is 5.83. The lowest BCUT2D eigenvalue weighted by molar-refractivity contribution is -0.137. The molecule has 0 bridgehead atoms. The standard InChI is InChI=1S/C13H15NO3/c1-16-11-4-2-3-8-5-10-12(6-9(8)11)17-7-13(15)14-10/h2-4,10,12H,5-7H2,1H3,(H,14,15). The number of fused-ring (bicyclic) bond motifs is 2. The second kappa shape index (κ2) is 4.04. The van der Waals surface area contributed by atoms with Crippen LogP contribution in [0, 0.1) is 0 Å². The van der Waals surface area contributed by atoms with Crippen LogP contribution in [0.4, 0.5) is 0 Å². The molecule has 1 amide bonds. The molecule has 0 spiro atoms. The predicted molar refractivity (Wildman–Crippen MR) is 62.1 cm³/mol. The smallest absolute Gasteiger partial charge is 0.246 e. The zero-order valence-electron chi connectivity index (χ0n) is 9.73. The van der Waals surface area contributed by atoms with Crippen molar-refractivity contribution in [1.82, 2.24) is 5.32 Å². The monoisotopic (exact) mass is 233 g/mol. The van der Waals surface area contributed by atoms with Crippen molar-refractivity contribution in [2.24, 2.45) is 0 Å². The lowest BCUT2D eigenvalue weighted by Gasteiger charge is -2.37. The van der Waals surface area contributed by atoms with E-state index in [1.54, 1.807) is 7.11 Å². The Morgan fingerprint density at radius 1 is 1.41 bits per heavy atom. The van der Waals surface area contributed by atoms with Gasteiger partial charge in [-0.1, -0.05) is 12.1 Å². The Hall–Kier alpha value is -1.55. The van der Waals surface area contributed by atoms with E-state index in [1.165, 1.54) is 11.1 Å². The molecule has 0 aromatic heterocycles. The minimum absolute atomic E-state index is 0.0161. The van der Waals surface area contributed by atoms with Crippen molar-refractivity contribution < 1.29 is 14.3 Å². The molecule has 2 aliphatic rings. The van der Waals surface area contributed by atoms with Crippen molar-refractivity contribution in [3.8, 4) is 5.75 Å². The Morgan fingerprint density at radius 3 is 3.12 bits per heavy atom. The average Bonchev–Trinajstić information content (AvgIpc) is 2.35. The summed E-state index contributed by atoms with van der Waals surface area (Å²) < 4.78 is 11.0. The minimum atomic E-state index is -0.0161. The van der Waals surface area contributed by atoms with Crippen molar-refractivity contribution in [2.75, 3.05) is 13.7 Å². The number of hydrogen-bond acceptors (Lipinski definition) is 3. The van der Waals surface area contributed by atoms with Gasteiger partial charge in [-0.3, -0.25) is 4.79 Å². The summed E-state index contributed by atoms with van der Waals surface area (Å²) in [6.45, 7) is 0.172. The Bertz CT molecular complexity index is 458. The van der Waals surface area contributed by atoms with Crippen LogP contribution in [0.5, 0.6) is 5.75 Å². The first kappa shape index (κ1) is 10.6. The molecule has 2 unspecified atom stereocenters. The Morgan fingerprint density at radius 2 is 2.29 bits per heavy atom. The maximum atomic E-state index is 11.3. The normalized spacial score (nSPS) is 26.8. The summed E-state index contributed by atoms with van der Waals surface area (Å²) in [5, 5.41) is 2.99. The molecule has 0 saturated carbocycles. The maximum Gasteiger partial charge on any atom is 0.246 e. The summed E-state index contributed by atoms with van der Waals surface area (Å²) in [7, 11) is 1.69. The molecule has 1 aliphatic heterocycles. The summed E-state index contributed by atoms with van der Waals surface area (Å²) in [5.41, 5.74) is 2.46. The van der Waals surface area contributed by atoms with Crippen LogP contribution >= 0.6 is 0 Å². The van der Waals surface area contributed by atoms with Gasteiger partial charge < -0.3 is 14.8 Å². The SMILES string of the molecule is COc1cccc2c1CC1OCC(=O)NC1C2. The van der Waals surface area contributed by atoms with Crippen molar-refractivity contribution in [3.05, 3.63) is 29.3 Å². The number of hydrogen-bond donors (Lipinski definition) is 1. The van der Waals surface area contributed by atoms with Crippen molar-refractivity contribution in [3.63, 3.8) is 0 Å². The number of benzene rings is 1. The molecule has 4 heteroatoms. The fraction of sp³-hybridized carbons (Fsp3) is 0.462. The zero-order chi connectivity index (χ0) is 11.8. The number of ether oxygens (including phenoxy) is 2. The number of methoxy groups -OCH3 is 1. The number of carbonyl (C=O) groups excluding carboxylic acids is 1. The van der Waals surface area contributed by atoms with E-state index >= 15 is 0 Å². The summed E-state index contributed by atoms with van der Waals surface area (Å²) in [6, 6.07) is 6.16. The Labute approximate surface area is 99.9 Å². The third-order valence-corrected chi connectivity index (χ3v) is 3.52. The molecule has 1 aliphatic carbocycles. The van der Waals surface area contributed by atoms with Crippen LogP contribution in [0.2, 0.25) is 0 Å². The minimum Gasteiger partial charge on any atom is -0.496 e. The predicted octanol–water partition coefficient (Wildman–Crippen LogP) is 0.677. The van der Waals surface area contributed by atoms with E-state index < -0.39 is 0 Å². The van der Waals surface area contributed by atoms with Crippen LogP contribution < -0.4 is 10.1 Å². The van der Waals surface area contributed by atoms with Gasteiger partial charge >= 0.3 is 0 Å². The lowest BCUT2D eigenvalue weighted by Crippen LogP contribution is -2.55.